The number of hydrogen-bond acceptors (Lipinski definition) is 3. The lowest BCUT2D eigenvalue weighted by atomic mass is 9.90. The van der Waals surface area contributed by atoms with Crippen LogP contribution in [0.5, 0.6) is 5.75 Å². The number of aromatic hydroxyl groups is 1. The molecule has 1 aromatic carbocycles. The van der Waals surface area contributed by atoms with E-state index in [2.05, 4.69) is 13.8 Å². The van der Waals surface area contributed by atoms with Crippen molar-refractivity contribution in [3.8, 4) is 5.75 Å². The van der Waals surface area contributed by atoms with Gasteiger partial charge in [0.2, 0.25) is 10.0 Å². The van der Waals surface area contributed by atoms with Crippen LogP contribution in [0.2, 0.25) is 0 Å². The van der Waals surface area contributed by atoms with Crippen molar-refractivity contribution in [1.82, 2.24) is 4.31 Å². The Bertz CT molecular complexity index is 510. The highest BCUT2D eigenvalue weighted by Crippen LogP contribution is 2.27. The molecule has 2 atom stereocenters. The van der Waals surface area contributed by atoms with E-state index < -0.39 is 10.0 Å². The van der Waals surface area contributed by atoms with Gasteiger partial charge < -0.3 is 5.11 Å². The third-order valence-corrected chi connectivity index (χ3v) is 5.65. The average molecular weight is 269 g/mol. The highest BCUT2D eigenvalue weighted by atomic mass is 32.2. The van der Waals surface area contributed by atoms with Crippen LogP contribution in [0.1, 0.15) is 20.3 Å². The molecule has 4 nitrogen and oxygen atoms in total. The van der Waals surface area contributed by atoms with Crippen molar-refractivity contribution in [1.29, 1.82) is 0 Å². The molecule has 1 aliphatic rings. The molecule has 0 bridgehead atoms. The Hall–Kier alpha value is -1.07. The molecule has 0 aromatic heterocycles. The Morgan fingerprint density at radius 3 is 2.33 bits per heavy atom. The number of phenols is 1. The smallest absolute Gasteiger partial charge is 0.243 e. The molecule has 5 heteroatoms. The summed E-state index contributed by atoms with van der Waals surface area (Å²) in [6.45, 7) is 5.40. The zero-order valence-electron chi connectivity index (χ0n) is 10.7. The topological polar surface area (TPSA) is 57.6 Å². The molecule has 18 heavy (non-hydrogen) atoms. The van der Waals surface area contributed by atoms with Crippen LogP contribution in [0, 0.1) is 11.8 Å². The first kappa shape index (κ1) is 13.4. The second kappa shape index (κ2) is 4.90. The van der Waals surface area contributed by atoms with Gasteiger partial charge in [-0.15, -0.1) is 0 Å². The lowest BCUT2D eigenvalue weighted by Gasteiger charge is -2.34. The molecule has 1 aromatic rings. The summed E-state index contributed by atoms with van der Waals surface area (Å²) in [7, 11) is -3.41. The van der Waals surface area contributed by atoms with Crippen molar-refractivity contribution in [3.63, 3.8) is 0 Å². The van der Waals surface area contributed by atoms with Gasteiger partial charge in [0.25, 0.3) is 0 Å². The fourth-order valence-corrected chi connectivity index (χ4v) is 3.77. The number of piperidine rings is 1. The molecule has 1 saturated heterocycles. The number of sulfonamides is 1. The van der Waals surface area contributed by atoms with Gasteiger partial charge in [-0.05, 0) is 42.5 Å². The van der Waals surface area contributed by atoms with Crippen LogP contribution in [0.3, 0.4) is 0 Å². The number of benzene rings is 1. The molecule has 0 spiro atoms. The van der Waals surface area contributed by atoms with Crippen molar-refractivity contribution in [2.24, 2.45) is 11.8 Å². The van der Waals surface area contributed by atoms with E-state index in [1.807, 2.05) is 0 Å². The molecule has 1 heterocycles. The van der Waals surface area contributed by atoms with Crippen molar-refractivity contribution < 1.29 is 13.5 Å². The minimum absolute atomic E-state index is 0.0783. The maximum Gasteiger partial charge on any atom is 0.243 e. The highest BCUT2D eigenvalue weighted by Gasteiger charge is 2.31. The molecule has 2 unspecified atom stereocenters. The highest BCUT2D eigenvalue weighted by molar-refractivity contribution is 7.89. The lowest BCUT2D eigenvalue weighted by Crippen LogP contribution is -2.42. The van der Waals surface area contributed by atoms with Gasteiger partial charge in [-0.2, -0.15) is 4.31 Å². The molecule has 0 saturated carbocycles. The third kappa shape index (κ3) is 2.52. The zero-order chi connectivity index (χ0) is 13.3. The first-order valence-electron chi connectivity index (χ1n) is 6.20. The van der Waals surface area contributed by atoms with E-state index in [9.17, 15) is 13.5 Å². The van der Waals surface area contributed by atoms with Crippen LogP contribution in [0.4, 0.5) is 0 Å². The molecule has 0 amide bonds. The molecule has 2 rings (SSSR count). The number of rotatable bonds is 2. The van der Waals surface area contributed by atoms with E-state index in [4.69, 9.17) is 0 Å². The van der Waals surface area contributed by atoms with E-state index in [0.717, 1.165) is 6.42 Å². The second-order valence-electron chi connectivity index (χ2n) is 5.10. The predicted molar refractivity (Wildman–Crippen MR) is 69.8 cm³/mol. The van der Waals surface area contributed by atoms with Crippen LogP contribution in [-0.4, -0.2) is 30.9 Å². The summed E-state index contributed by atoms with van der Waals surface area (Å²) < 4.78 is 26.3. The van der Waals surface area contributed by atoms with Crippen molar-refractivity contribution in [2.45, 2.75) is 25.2 Å². The summed E-state index contributed by atoms with van der Waals surface area (Å²) in [5.74, 6) is 1.02. The third-order valence-electron chi connectivity index (χ3n) is 3.77. The Labute approximate surface area is 108 Å². The normalized spacial score (nSPS) is 26.1. The fraction of sp³-hybridized carbons (Fsp3) is 0.538. The second-order valence-corrected chi connectivity index (χ2v) is 7.04. The minimum atomic E-state index is -3.41. The van der Waals surface area contributed by atoms with Gasteiger partial charge in [0.05, 0.1) is 4.90 Å². The predicted octanol–water partition coefficient (Wildman–Crippen LogP) is 2.06. The maximum atomic E-state index is 12.4. The first-order chi connectivity index (χ1) is 8.41. The summed E-state index contributed by atoms with van der Waals surface area (Å²) in [4.78, 5) is 0.252. The van der Waals surface area contributed by atoms with Crippen molar-refractivity contribution in [3.05, 3.63) is 24.3 Å². The van der Waals surface area contributed by atoms with Crippen LogP contribution in [-0.2, 0) is 10.0 Å². The van der Waals surface area contributed by atoms with Crippen LogP contribution in [0.15, 0.2) is 29.2 Å². The van der Waals surface area contributed by atoms with Crippen LogP contribution < -0.4 is 0 Å². The molecule has 1 N–H and O–H groups in total. The van der Waals surface area contributed by atoms with Gasteiger partial charge in [0.15, 0.2) is 0 Å². The van der Waals surface area contributed by atoms with Crippen LogP contribution in [0.25, 0.3) is 0 Å². The lowest BCUT2D eigenvalue weighted by molar-refractivity contribution is 0.212. The fourth-order valence-electron chi connectivity index (χ4n) is 2.21. The minimum Gasteiger partial charge on any atom is -0.508 e. The molecule has 1 aliphatic heterocycles. The first-order valence-corrected chi connectivity index (χ1v) is 7.64. The van der Waals surface area contributed by atoms with E-state index in [-0.39, 0.29) is 10.6 Å². The molecular weight excluding hydrogens is 250 g/mol. The van der Waals surface area contributed by atoms with Crippen molar-refractivity contribution in [2.75, 3.05) is 13.1 Å². The summed E-state index contributed by atoms with van der Waals surface area (Å²) in [6.07, 6.45) is 0.901. The van der Waals surface area contributed by atoms with Gasteiger partial charge in [-0.1, -0.05) is 13.8 Å². The van der Waals surface area contributed by atoms with Gasteiger partial charge >= 0.3 is 0 Å². The molecule has 1 fully saturated rings. The maximum absolute atomic E-state index is 12.4. The van der Waals surface area contributed by atoms with Crippen molar-refractivity contribution >= 4 is 10.0 Å². The quantitative estimate of drug-likeness (QED) is 0.894. The number of hydrogen-bond donors (Lipinski definition) is 1. The summed E-state index contributed by atoms with van der Waals surface area (Å²) in [6, 6.07) is 5.71. The van der Waals surface area contributed by atoms with E-state index in [0.29, 0.717) is 24.9 Å². The van der Waals surface area contributed by atoms with E-state index >= 15 is 0 Å². The standard InChI is InChI=1S/C13H19NO3S/c1-10-7-8-14(9-11(10)2)18(16,17)13-5-3-12(15)4-6-13/h3-6,10-11,15H,7-9H2,1-2H3. The number of nitrogens with zero attached hydrogens (tertiary/aromatic N) is 1. The van der Waals surface area contributed by atoms with E-state index in [1.165, 1.54) is 24.3 Å². The SMILES string of the molecule is CC1CCN(S(=O)(=O)c2ccc(O)cc2)CC1C. The molecule has 0 radical (unpaired) electrons. The Balaban J connectivity index is 2.24. The van der Waals surface area contributed by atoms with Gasteiger partial charge in [-0.3, -0.25) is 0 Å². The van der Waals surface area contributed by atoms with Gasteiger partial charge in [0, 0.05) is 13.1 Å². The number of phenolic OH excluding ortho intramolecular Hbond substituents is 1. The van der Waals surface area contributed by atoms with Gasteiger partial charge in [0.1, 0.15) is 5.75 Å². The summed E-state index contributed by atoms with van der Waals surface area (Å²) >= 11 is 0. The Morgan fingerprint density at radius 2 is 1.78 bits per heavy atom. The van der Waals surface area contributed by atoms with Gasteiger partial charge in [-0.25, -0.2) is 8.42 Å². The Kier molecular flexibility index (Phi) is 3.64. The summed E-state index contributed by atoms with van der Waals surface area (Å²) in [5.41, 5.74) is 0. The monoisotopic (exact) mass is 269 g/mol. The zero-order valence-corrected chi connectivity index (χ0v) is 11.5. The molecular formula is C13H19NO3S. The van der Waals surface area contributed by atoms with E-state index in [1.54, 1.807) is 4.31 Å². The van der Waals surface area contributed by atoms with Crippen LogP contribution >= 0.6 is 0 Å². The molecule has 0 aliphatic carbocycles. The summed E-state index contributed by atoms with van der Waals surface area (Å²) in [5, 5.41) is 9.20. The molecule has 100 valence electrons. The largest absolute Gasteiger partial charge is 0.508 e. The Morgan fingerprint density at radius 1 is 1.17 bits per heavy atom. The average Bonchev–Trinajstić information content (AvgIpc) is 2.33.